The van der Waals surface area contributed by atoms with Gasteiger partial charge in [-0.15, -0.1) is 12.4 Å². The Labute approximate surface area is 398 Å². The molecule has 0 aliphatic carbocycles. The maximum Gasteiger partial charge on any atom is 0.275 e. The first-order valence-electron chi connectivity index (χ1n) is 22.6. The molecule has 0 spiro atoms. The van der Waals surface area contributed by atoms with Gasteiger partial charge in [0.15, 0.2) is 0 Å². The molecule has 3 aliphatic heterocycles. The number of nitrogens with one attached hydrogen (secondary N) is 1. The maximum atomic E-state index is 11.7. The van der Waals surface area contributed by atoms with E-state index in [1.807, 2.05) is 57.8 Å². The molecule has 15 nitrogen and oxygen atoms in total. The standard InChI is InChI=1S/C28H34N4O4.C23H26N4O3.ClH/c1-18-19(2)27-23(20(3)26(18)32(33)34)16-28(4,36-27)17-30(5)22-11-9-21(10-12-22)24-13-14-31(29-24)25-8-6-7-15-35-25;1-14-15(2)22-19(16(3)21(14)27(28)29)12-23(4,30-22)13-26(5)18-8-6-17(7-9-18)20-10-11-24-25-20;/h9-14,25H,6-8,15-17H2,1-5H3;6-11H,12-13H2,1-5H3,(H,24,25);1H. The molecule has 16 heteroatoms. The molecule has 0 amide bonds. The summed E-state index contributed by atoms with van der Waals surface area (Å²) in [6, 6.07) is 20.6. The third-order valence-corrected chi connectivity index (χ3v) is 13.8. The first-order chi connectivity index (χ1) is 31.4. The minimum Gasteiger partial charge on any atom is -0.485 e. The number of hydrogen-bond donors (Lipinski definition) is 1. The van der Waals surface area contributed by atoms with Crippen molar-refractivity contribution >= 4 is 35.2 Å². The summed E-state index contributed by atoms with van der Waals surface area (Å²) in [5, 5.41) is 35.0. The molecule has 3 atom stereocenters. The molecule has 0 radical (unpaired) electrons. The zero-order valence-corrected chi connectivity index (χ0v) is 40.9. The van der Waals surface area contributed by atoms with Gasteiger partial charge in [-0.25, -0.2) is 4.68 Å². The lowest BCUT2D eigenvalue weighted by Crippen LogP contribution is -2.43. The van der Waals surface area contributed by atoms with Crippen molar-refractivity contribution in [2.24, 2.45) is 0 Å². The van der Waals surface area contributed by atoms with Crippen LogP contribution in [0.5, 0.6) is 11.5 Å². The molecular weight excluding hydrogens is 872 g/mol. The minimum atomic E-state index is -0.480. The molecule has 2 aromatic heterocycles. The van der Waals surface area contributed by atoms with Gasteiger partial charge in [-0.1, -0.05) is 24.3 Å². The zero-order chi connectivity index (χ0) is 47.2. The van der Waals surface area contributed by atoms with Crippen molar-refractivity contribution in [1.29, 1.82) is 0 Å². The zero-order valence-electron chi connectivity index (χ0n) is 40.1. The second-order valence-corrected chi connectivity index (χ2v) is 18.8. The number of aromatic nitrogens is 4. The topological polar surface area (TPSA) is 167 Å². The number of hydrogen-bond acceptors (Lipinski definition) is 11. The number of nitro groups is 2. The largest absolute Gasteiger partial charge is 0.485 e. The Morgan fingerprint density at radius 3 is 1.63 bits per heavy atom. The molecule has 67 heavy (non-hydrogen) atoms. The normalized spacial score (nSPS) is 19.2. The number of nitro benzene ring substituents is 2. The van der Waals surface area contributed by atoms with Crippen molar-refractivity contribution in [3.63, 3.8) is 0 Å². The van der Waals surface area contributed by atoms with E-state index in [1.54, 1.807) is 20.0 Å². The van der Waals surface area contributed by atoms with Gasteiger partial charge in [0.1, 0.15) is 28.9 Å². The predicted molar refractivity (Wildman–Crippen MR) is 264 cm³/mol. The Kier molecular flexibility index (Phi) is 13.8. The van der Waals surface area contributed by atoms with E-state index in [4.69, 9.17) is 19.3 Å². The Hall–Kier alpha value is -6.45. The lowest BCUT2D eigenvalue weighted by atomic mass is 9.91. The third-order valence-electron chi connectivity index (χ3n) is 13.8. The fourth-order valence-corrected chi connectivity index (χ4v) is 10.0. The van der Waals surface area contributed by atoms with Crippen LogP contribution in [-0.4, -0.2) is 74.8 Å². The van der Waals surface area contributed by atoms with Crippen LogP contribution in [-0.2, 0) is 17.6 Å². The number of fused-ring (bicyclic) bond motifs is 2. The second-order valence-electron chi connectivity index (χ2n) is 18.8. The Balaban J connectivity index is 0.000000199. The number of aromatic amines is 1. The van der Waals surface area contributed by atoms with E-state index in [-0.39, 0.29) is 39.9 Å². The van der Waals surface area contributed by atoms with Gasteiger partial charge in [-0.2, -0.15) is 10.2 Å². The van der Waals surface area contributed by atoms with Crippen LogP contribution in [0.15, 0.2) is 73.1 Å². The first-order valence-corrected chi connectivity index (χ1v) is 22.6. The van der Waals surface area contributed by atoms with Gasteiger partial charge in [-0.05, 0) is 117 Å². The van der Waals surface area contributed by atoms with Crippen LogP contribution >= 0.6 is 12.4 Å². The Morgan fingerprint density at radius 2 is 1.19 bits per heavy atom. The summed E-state index contributed by atoms with van der Waals surface area (Å²) in [6.07, 6.45) is 8.34. The molecule has 6 aromatic rings. The number of ether oxygens (including phenoxy) is 3. The monoisotopic (exact) mass is 932 g/mol. The summed E-state index contributed by atoms with van der Waals surface area (Å²) in [7, 11) is 4.09. The lowest BCUT2D eigenvalue weighted by Gasteiger charge is -2.31. The molecule has 354 valence electrons. The van der Waals surface area contributed by atoms with Crippen molar-refractivity contribution in [1.82, 2.24) is 20.0 Å². The Bertz CT molecular complexity index is 2790. The molecular formula is C51H61ClN8O7. The van der Waals surface area contributed by atoms with Crippen molar-refractivity contribution in [2.45, 2.75) is 105 Å². The highest BCUT2D eigenvalue weighted by molar-refractivity contribution is 5.85. The average Bonchev–Trinajstić information content (AvgIpc) is 4.13. The summed E-state index contributed by atoms with van der Waals surface area (Å²) >= 11 is 0. The van der Waals surface area contributed by atoms with E-state index in [0.29, 0.717) is 48.2 Å². The summed E-state index contributed by atoms with van der Waals surface area (Å²) in [6.45, 7) is 17.4. The van der Waals surface area contributed by atoms with Crippen molar-refractivity contribution in [2.75, 3.05) is 43.6 Å². The van der Waals surface area contributed by atoms with Gasteiger partial charge in [0.2, 0.25) is 0 Å². The van der Waals surface area contributed by atoms with Crippen molar-refractivity contribution in [3.8, 4) is 34.0 Å². The van der Waals surface area contributed by atoms with Gasteiger partial charge in [0.25, 0.3) is 11.4 Å². The molecule has 0 saturated carbocycles. The van der Waals surface area contributed by atoms with Crippen LogP contribution in [0, 0.1) is 61.8 Å². The molecule has 3 aliphatic rings. The number of H-pyrrole nitrogens is 1. The summed E-state index contributed by atoms with van der Waals surface area (Å²) in [4.78, 5) is 27.0. The molecule has 1 N–H and O–H groups in total. The predicted octanol–water partition coefficient (Wildman–Crippen LogP) is 11.1. The quantitative estimate of drug-likeness (QED) is 0.0970. The van der Waals surface area contributed by atoms with E-state index < -0.39 is 11.2 Å². The summed E-state index contributed by atoms with van der Waals surface area (Å²) < 4.78 is 20.7. The number of nitrogens with zero attached hydrogens (tertiary/aromatic N) is 7. The van der Waals surface area contributed by atoms with E-state index in [9.17, 15) is 20.2 Å². The maximum absolute atomic E-state index is 11.7. The van der Waals surface area contributed by atoms with Crippen molar-refractivity contribution < 1.29 is 24.1 Å². The van der Waals surface area contributed by atoms with Gasteiger partial charge >= 0.3 is 0 Å². The number of likely N-dealkylation sites (N-methyl/N-ethyl adjacent to an activating group) is 2. The van der Waals surface area contributed by atoms with Crippen LogP contribution in [0.1, 0.15) is 83.8 Å². The smallest absolute Gasteiger partial charge is 0.275 e. The summed E-state index contributed by atoms with van der Waals surface area (Å²) in [5.41, 5.74) is 12.1. The number of halogens is 1. The van der Waals surface area contributed by atoms with Gasteiger partial charge in [-0.3, -0.25) is 25.3 Å². The molecule has 0 bridgehead atoms. The minimum absolute atomic E-state index is 0. The molecule has 3 unspecified atom stereocenters. The van der Waals surface area contributed by atoms with Crippen LogP contribution in [0.25, 0.3) is 22.5 Å². The SMILES string of the molecule is Cc1c(C)c([N+](=O)[O-])c(C)c2c1OC(C)(CN(C)c1ccc(-c3ccn(C4CCCCO4)n3)cc1)C2.Cc1c(C)c([N+](=O)[O-])c(C)c2c1OC(C)(CN(C)c1ccc(-c3ccn[nH]3)cc1)C2.Cl. The van der Waals surface area contributed by atoms with Crippen LogP contribution in [0.3, 0.4) is 0 Å². The first kappa shape index (κ1) is 48.5. The molecule has 9 rings (SSSR count). The number of anilines is 2. The highest BCUT2D eigenvalue weighted by Crippen LogP contribution is 2.47. The fraction of sp³-hybridized carbons (Fsp3) is 0.412. The summed E-state index contributed by atoms with van der Waals surface area (Å²) in [5.74, 6) is 1.61. The Morgan fingerprint density at radius 1 is 0.701 bits per heavy atom. The van der Waals surface area contributed by atoms with E-state index in [1.165, 1.54) is 6.42 Å². The third kappa shape index (κ3) is 9.57. The molecule has 5 heterocycles. The fourth-order valence-electron chi connectivity index (χ4n) is 10.0. The highest BCUT2D eigenvalue weighted by Gasteiger charge is 2.42. The van der Waals surface area contributed by atoms with Gasteiger partial charge in [0, 0.05) is 107 Å². The second kappa shape index (κ2) is 19.0. The number of benzene rings is 4. The number of rotatable bonds is 11. The van der Waals surface area contributed by atoms with Crippen molar-refractivity contribution in [3.05, 3.63) is 138 Å². The van der Waals surface area contributed by atoms with Gasteiger partial charge < -0.3 is 24.0 Å². The molecule has 1 fully saturated rings. The van der Waals surface area contributed by atoms with Gasteiger partial charge in [0.05, 0.1) is 34.3 Å². The van der Waals surface area contributed by atoms with E-state index in [0.717, 1.165) is 87.1 Å². The highest BCUT2D eigenvalue weighted by atomic mass is 35.5. The van der Waals surface area contributed by atoms with Crippen LogP contribution < -0.4 is 19.3 Å². The molecule has 4 aromatic carbocycles. The average molecular weight is 934 g/mol. The van der Waals surface area contributed by atoms with E-state index in [2.05, 4.69) is 89.4 Å². The van der Waals surface area contributed by atoms with Crippen LogP contribution in [0.2, 0.25) is 0 Å². The lowest BCUT2D eigenvalue weighted by molar-refractivity contribution is -0.386. The van der Waals surface area contributed by atoms with E-state index >= 15 is 0 Å². The molecule has 1 saturated heterocycles. The van der Waals surface area contributed by atoms with Crippen LogP contribution in [0.4, 0.5) is 22.7 Å².